The van der Waals surface area contributed by atoms with E-state index in [-0.39, 0.29) is 5.97 Å². The molecule has 0 radical (unpaired) electrons. The molecule has 1 fully saturated rings. The van der Waals surface area contributed by atoms with Gasteiger partial charge in [0.15, 0.2) is 0 Å². The van der Waals surface area contributed by atoms with Crippen LogP contribution in [-0.4, -0.2) is 25.7 Å². The van der Waals surface area contributed by atoms with Crippen LogP contribution >= 0.6 is 0 Å². The minimum absolute atomic E-state index is 0.239. The summed E-state index contributed by atoms with van der Waals surface area (Å²) in [5.41, 5.74) is 1.89. The largest absolute Gasteiger partial charge is 0.462 e. The number of hydrogen-bond acceptors (Lipinski definition) is 3. The molecule has 3 nitrogen and oxygen atoms in total. The van der Waals surface area contributed by atoms with Gasteiger partial charge in [-0.1, -0.05) is 24.3 Å². The topological polar surface area (TPSA) is 29.5 Å². The summed E-state index contributed by atoms with van der Waals surface area (Å²) in [5.74, 6) is -0.239. The van der Waals surface area contributed by atoms with Crippen LogP contribution in [0.4, 0.5) is 5.69 Å². The summed E-state index contributed by atoms with van der Waals surface area (Å²) in [7, 11) is 0. The molecule has 0 saturated carbocycles. The van der Waals surface area contributed by atoms with E-state index >= 15 is 0 Å². The summed E-state index contributed by atoms with van der Waals surface area (Å²) in [6.07, 6.45) is 2.49. The second-order valence-electron chi connectivity index (χ2n) is 5.09. The number of nitrogens with zero attached hydrogens (tertiary/aromatic N) is 1. The van der Waals surface area contributed by atoms with Gasteiger partial charge in [0.05, 0.1) is 12.2 Å². The van der Waals surface area contributed by atoms with Gasteiger partial charge in [0, 0.05) is 24.2 Å². The van der Waals surface area contributed by atoms with Crippen LogP contribution in [0.2, 0.25) is 0 Å². The van der Waals surface area contributed by atoms with Gasteiger partial charge in [0.1, 0.15) is 0 Å². The molecule has 1 aliphatic heterocycles. The van der Waals surface area contributed by atoms with Crippen molar-refractivity contribution >= 4 is 22.4 Å². The summed E-state index contributed by atoms with van der Waals surface area (Å²) in [6, 6.07) is 12.0. The molecule has 1 aliphatic rings. The van der Waals surface area contributed by atoms with Gasteiger partial charge in [0.25, 0.3) is 0 Å². The van der Waals surface area contributed by atoms with Crippen molar-refractivity contribution in [3.05, 3.63) is 42.0 Å². The highest BCUT2D eigenvalue weighted by molar-refractivity contribution is 6.08. The van der Waals surface area contributed by atoms with Gasteiger partial charge >= 0.3 is 5.97 Å². The summed E-state index contributed by atoms with van der Waals surface area (Å²) in [5, 5.41) is 2.12. The zero-order valence-corrected chi connectivity index (χ0v) is 11.8. The van der Waals surface area contributed by atoms with Crippen molar-refractivity contribution in [3.8, 4) is 0 Å². The smallest absolute Gasteiger partial charge is 0.338 e. The van der Waals surface area contributed by atoms with Crippen LogP contribution < -0.4 is 4.90 Å². The quantitative estimate of drug-likeness (QED) is 0.797. The first-order chi connectivity index (χ1) is 9.81. The molecule has 0 aliphatic carbocycles. The van der Waals surface area contributed by atoms with Crippen LogP contribution in [-0.2, 0) is 4.74 Å². The number of esters is 1. The van der Waals surface area contributed by atoms with Gasteiger partial charge in [0.2, 0.25) is 0 Å². The molecule has 20 heavy (non-hydrogen) atoms. The van der Waals surface area contributed by atoms with Gasteiger partial charge in [-0.15, -0.1) is 0 Å². The fourth-order valence-corrected chi connectivity index (χ4v) is 2.90. The van der Waals surface area contributed by atoms with Gasteiger partial charge in [-0.05, 0) is 37.3 Å². The van der Waals surface area contributed by atoms with E-state index in [0.717, 1.165) is 23.9 Å². The highest BCUT2D eigenvalue weighted by atomic mass is 16.5. The maximum Gasteiger partial charge on any atom is 0.338 e. The summed E-state index contributed by atoms with van der Waals surface area (Å²) in [4.78, 5) is 14.5. The lowest BCUT2D eigenvalue weighted by molar-refractivity contribution is 0.0528. The molecule has 0 aromatic heterocycles. The van der Waals surface area contributed by atoms with Gasteiger partial charge < -0.3 is 9.64 Å². The number of carbonyl (C=O) groups excluding carboxylic acids is 1. The monoisotopic (exact) mass is 269 g/mol. The van der Waals surface area contributed by atoms with Crippen LogP contribution in [0.15, 0.2) is 36.4 Å². The average molecular weight is 269 g/mol. The minimum atomic E-state index is -0.239. The lowest BCUT2D eigenvalue weighted by Crippen LogP contribution is -2.18. The van der Waals surface area contributed by atoms with Crippen molar-refractivity contribution in [3.63, 3.8) is 0 Å². The Kier molecular flexibility index (Phi) is 3.59. The molecule has 2 aromatic rings. The molecular formula is C17H19NO2. The Morgan fingerprint density at radius 2 is 1.80 bits per heavy atom. The third kappa shape index (κ3) is 2.24. The second kappa shape index (κ2) is 5.53. The number of anilines is 1. The van der Waals surface area contributed by atoms with Crippen molar-refractivity contribution in [1.29, 1.82) is 0 Å². The van der Waals surface area contributed by atoms with Crippen molar-refractivity contribution in [2.75, 3.05) is 24.6 Å². The van der Waals surface area contributed by atoms with Crippen molar-refractivity contribution in [2.24, 2.45) is 0 Å². The van der Waals surface area contributed by atoms with Crippen LogP contribution in [0.25, 0.3) is 10.8 Å². The Hall–Kier alpha value is -2.03. The predicted molar refractivity (Wildman–Crippen MR) is 81.4 cm³/mol. The van der Waals surface area contributed by atoms with E-state index < -0.39 is 0 Å². The standard InChI is InChI=1S/C17H19NO2/c1-2-20-17(19)15-9-10-16(18-11-5-6-12-18)14-8-4-3-7-13(14)15/h3-4,7-10H,2,5-6,11-12H2,1H3. The Balaban J connectivity index is 2.11. The third-order valence-corrected chi connectivity index (χ3v) is 3.84. The van der Waals surface area contributed by atoms with E-state index in [1.54, 1.807) is 0 Å². The van der Waals surface area contributed by atoms with Gasteiger partial charge in [-0.25, -0.2) is 4.79 Å². The highest BCUT2D eigenvalue weighted by Gasteiger charge is 2.18. The maximum atomic E-state index is 12.1. The average Bonchev–Trinajstić information content (AvgIpc) is 3.00. The fourth-order valence-electron chi connectivity index (χ4n) is 2.90. The Morgan fingerprint density at radius 1 is 1.10 bits per heavy atom. The first-order valence-corrected chi connectivity index (χ1v) is 7.25. The maximum absolute atomic E-state index is 12.1. The van der Waals surface area contributed by atoms with Crippen LogP contribution in [0.1, 0.15) is 30.1 Å². The Morgan fingerprint density at radius 3 is 2.50 bits per heavy atom. The second-order valence-corrected chi connectivity index (χ2v) is 5.09. The number of fused-ring (bicyclic) bond motifs is 1. The number of rotatable bonds is 3. The van der Waals surface area contributed by atoms with Crippen molar-refractivity contribution in [2.45, 2.75) is 19.8 Å². The molecule has 0 unspecified atom stereocenters. The molecule has 0 atom stereocenters. The normalized spacial score (nSPS) is 14.8. The summed E-state index contributed by atoms with van der Waals surface area (Å²) < 4.78 is 5.15. The van der Waals surface area contributed by atoms with E-state index in [4.69, 9.17) is 4.74 Å². The number of ether oxygens (including phenoxy) is 1. The van der Waals surface area contributed by atoms with Crippen molar-refractivity contribution in [1.82, 2.24) is 0 Å². The molecule has 1 heterocycles. The Labute approximate surface area is 119 Å². The van der Waals surface area contributed by atoms with Crippen LogP contribution in [0.3, 0.4) is 0 Å². The first kappa shape index (κ1) is 13.0. The number of hydrogen-bond donors (Lipinski definition) is 0. The van der Waals surface area contributed by atoms with Gasteiger partial charge in [-0.3, -0.25) is 0 Å². The molecule has 0 spiro atoms. The minimum Gasteiger partial charge on any atom is -0.462 e. The molecule has 3 rings (SSSR count). The molecule has 1 saturated heterocycles. The van der Waals surface area contributed by atoms with E-state index in [0.29, 0.717) is 12.2 Å². The number of benzene rings is 2. The van der Waals surface area contributed by atoms with Gasteiger partial charge in [-0.2, -0.15) is 0 Å². The number of carbonyl (C=O) groups is 1. The predicted octanol–water partition coefficient (Wildman–Crippen LogP) is 3.62. The molecule has 3 heteroatoms. The molecule has 0 bridgehead atoms. The zero-order valence-electron chi connectivity index (χ0n) is 11.8. The van der Waals surface area contributed by atoms with E-state index in [2.05, 4.69) is 17.0 Å². The highest BCUT2D eigenvalue weighted by Crippen LogP contribution is 2.31. The summed E-state index contributed by atoms with van der Waals surface area (Å²) >= 11 is 0. The van der Waals surface area contributed by atoms with E-state index in [1.807, 2.05) is 31.2 Å². The van der Waals surface area contributed by atoms with E-state index in [1.165, 1.54) is 18.5 Å². The lowest BCUT2D eigenvalue weighted by atomic mass is 10.0. The molecule has 0 amide bonds. The lowest BCUT2D eigenvalue weighted by Gasteiger charge is -2.20. The first-order valence-electron chi connectivity index (χ1n) is 7.25. The third-order valence-electron chi connectivity index (χ3n) is 3.84. The molecular weight excluding hydrogens is 250 g/mol. The Bertz CT molecular complexity index is 630. The van der Waals surface area contributed by atoms with Crippen LogP contribution in [0.5, 0.6) is 0 Å². The molecule has 2 aromatic carbocycles. The van der Waals surface area contributed by atoms with E-state index in [9.17, 15) is 4.79 Å². The molecule has 0 N–H and O–H groups in total. The van der Waals surface area contributed by atoms with Crippen molar-refractivity contribution < 1.29 is 9.53 Å². The SMILES string of the molecule is CCOC(=O)c1ccc(N2CCCC2)c2ccccc12. The molecule has 104 valence electrons. The van der Waals surface area contributed by atoms with Crippen LogP contribution in [0, 0.1) is 0 Å². The summed E-state index contributed by atoms with van der Waals surface area (Å²) in [6.45, 7) is 4.44. The zero-order chi connectivity index (χ0) is 13.9. The fraction of sp³-hybridized carbons (Fsp3) is 0.353.